The molecule has 0 atom stereocenters. The zero-order valence-corrected chi connectivity index (χ0v) is 29.5. The molecule has 0 saturated heterocycles. The van der Waals surface area contributed by atoms with Crippen LogP contribution >= 0.6 is 0 Å². The van der Waals surface area contributed by atoms with Crippen LogP contribution in [0.1, 0.15) is 82.7 Å². The minimum absolute atomic E-state index is 0.155. The van der Waals surface area contributed by atoms with Crippen LogP contribution in [0.3, 0.4) is 0 Å². The molecule has 2 aromatic rings. The molecule has 0 heterocycles. The molecule has 0 bridgehead atoms. The topological polar surface area (TPSA) is 55.8 Å². The third-order valence-electron chi connectivity index (χ3n) is 8.98. The number of aliphatic carboxylic acids is 1. The molecule has 0 fully saturated rings. The number of benzene rings is 2. The first-order chi connectivity index (χ1) is 18.9. The Hall–Kier alpha value is -2.26. The maximum atomic E-state index is 10.9. The van der Waals surface area contributed by atoms with Crippen molar-refractivity contribution in [2.24, 2.45) is 0 Å². The maximum Gasteiger partial charge on any atom is 0.328 e. The summed E-state index contributed by atoms with van der Waals surface area (Å²) >= 11 is 0. The summed E-state index contributed by atoms with van der Waals surface area (Å²) in [5, 5.41) is 9.23. The Labute approximate surface area is 252 Å². The van der Waals surface area contributed by atoms with Crippen molar-refractivity contribution in [3.63, 3.8) is 0 Å². The lowest BCUT2D eigenvalue weighted by Gasteiger charge is -2.37. The zero-order valence-electron chi connectivity index (χ0n) is 27.5. The second-order valence-corrected chi connectivity index (χ2v) is 23.8. The molecule has 226 valence electrons. The van der Waals surface area contributed by atoms with Crippen LogP contribution in [0.25, 0.3) is 5.57 Å². The quantitative estimate of drug-likeness (QED) is 0.142. The first kappa shape index (κ1) is 34.9. The molecule has 2 aromatic carbocycles. The van der Waals surface area contributed by atoms with E-state index >= 15 is 0 Å². The van der Waals surface area contributed by atoms with E-state index in [0.717, 1.165) is 30.4 Å². The van der Waals surface area contributed by atoms with Gasteiger partial charge >= 0.3 is 5.97 Å². The summed E-state index contributed by atoms with van der Waals surface area (Å²) in [6, 6.07) is 15.4. The number of hydrogen-bond acceptors (Lipinski definition) is 3. The normalized spacial score (nSPS) is 13.7. The van der Waals surface area contributed by atoms with E-state index in [4.69, 9.17) is 14.0 Å². The molecule has 0 aromatic heterocycles. The lowest BCUT2D eigenvalue weighted by molar-refractivity contribution is -0.131. The number of carboxylic acids is 1. The fraction of sp³-hybridized carbons (Fsp3) is 0.514. The summed E-state index contributed by atoms with van der Waals surface area (Å²) in [4.78, 5) is 10.9. The van der Waals surface area contributed by atoms with E-state index in [-0.39, 0.29) is 10.1 Å². The van der Waals surface area contributed by atoms with Crippen molar-refractivity contribution in [3.8, 4) is 0 Å². The predicted molar refractivity (Wildman–Crippen MR) is 179 cm³/mol. The Kier molecular flexibility index (Phi) is 12.2. The fourth-order valence-electron chi connectivity index (χ4n) is 3.94. The molecule has 0 unspecified atom stereocenters. The van der Waals surface area contributed by atoms with Gasteiger partial charge in [0.25, 0.3) is 0 Å². The number of hydrogen-bond donors (Lipinski definition) is 1. The highest BCUT2D eigenvalue weighted by Gasteiger charge is 2.38. The number of aryl methyl sites for hydroxylation is 2. The number of allylic oxidation sites excluding steroid dienone is 3. The maximum absolute atomic E-state index is 10.9. The lowest BCUT2D eigenvalue weighted by atomic mass is 9.96. The van der Waals surface area contributed by atoms with Crippen molar-refractivity contribution in [2.45, 2.75) is 117 Å². The van der Waals surface area contributed by atoms with Crippen LogP contribution in [-0.4, -0.2) is 27.7 Å². The average molecular weight is 595 g/mol. The third-order valence-corrected chi connectivity index (χ3v) is 17.9. The smallest absolute Gasteiger partial charge is 0.328 e. The second kappa shape index (κ2) is 14.3. The zero-order chi connectivity index (χ0) is 31.1. The van der Waals surface area contributed by atoms with Crippen LogP contribution in [0.5, 0.6) is 0 Å². The molecular formula is C35H54O4Si2. The fourth-order valence-corrected chi connectivity index (χ4v) is 5.84. The minimum atomic E-state index is -1.90. The van der Waals surface area contributed by atoms with Gasteiger partial charge in [0.15, 0.2) is 16.6 Å². The van der Waals surface area contributed by atoms with Crippen LogP contribution in [0, 0.1) is 0 Å². The summed E-state index contributed by atoms with van der Waals surface area (Å²) in [6.07, 6.45) is 7.38. The molecule has 1 N–H and O–H groups in total. The van der Waals surface area contributed by atoms with Gasteiger partial charge in [-0.1, -0.05) is 103 Å². The van der Waals surface area contributed by atoms with Crippen LogP contribution in [0.15, 0.2) is 60.7 Å². The van der Waals surface area contributed by atoms with Crippen LogP contribution in [-0.2, 0) is 39.7 Å². The van der Waals surface area contributed by atoms with Gasteiger partial charge in [0.05, 0.1) is 13.2 Å². The van der Waals surface area contributed by atoms with Gasteiger partial charge in [-0.05, 0) is 88.9 Å². The van der Waals surface area contributed by atoms with Gasteiger partial charge in [0.1, 0.15) is 0 Å². The standard InChI is InChI=1S/C35H54O4Si2/c1-12-29(16-14-18-33(36)37)30-17-13-15-27(23-30)19-20-28-21-22-31(25-38-40(8,9)34(2,3)4)32(24-28)26-39-41(10,11)35(5,6)7/h13-18,21-24H,12,19-20,25-26H2,1-11H3,(H,36,37)/b18-14+,29-16-. The SMILES string of the molecule is CC/C(=C/C=C/C(=O)O)c1cccc(CCc2ccc(CO[Si](C)(C)C(C)(C)C)c(CO[Si](C)(C)C(C)(C)C)c2)c1. The van der Waals surface area contributed by atoms with E-state index in [1.165, 1.54) is 28.3 Å². The molecule has 0 aliphatic carbocycles. The van der Waals surface area contributed by atoms with Gasteiger partial charge in [-0.15, -0.1) is 0 Å². The summed E-state index contributed by atoms with van der Waals surface area (Å²) < 4.78 is 13.3. The van der Waals surface area contributed by atoms with Crippen LogP contribution in [0.2, 0.25) is 36.3 Å². The molecular weight excluding hydrogens is 541 g/mol. The molecule has 0 aliphatic rings. The molecule has 0 radical (unpaired) electrons. The molecule has 0 spiro atoms. The van der Waals surface area contributed by atoms with E-state index in [0.29, 0.717) is 13.2 Å². The minimum Gasteiger partial charge on any atom is -0.478 e. The van der Waals surface area contributed by atoms with Crippen molar-refractivity contribution in [3.05, 3.63) is 88.5 Å². The summed E-state index contributed by atoms with van der Waals surface area (Å²) in [5.41, 5.74) is 7.30. The summed E-state index contributed by atoms with van der Waals surface area (Å²) in [6.45, 7) is 26.3. The molecule has 2 rings (SSSR count). The van der Waals surface area contributed by atoms with Gasteiger partial charge in [-0.25, -0.2) is 4.79 Å². The van der Waals surface area contributed by atoms with E-state index in [2.05, 4.69) is 117 Å². The largest absolute Gasteiger partial charge is 0.478 e. The lowest BCUT2D eigenvalue weighted by Crippen LogP contribution is -2.41. The molecule has 0 amide bonds. The van der Waals surface area contributed by atoms with Crippen molar-refractivity contribution in [2.75, 3.05) is 0 Å². The van der Waals surface area contributed by atoms with Crippen molar-refractivity contribution in [1.29, 1.82) is 0 Å². The Morgan fingerprint density at radius 2 is 1.34 bits per heavy atom. The second-order valence-electron chi connectivity index (χ2n) is 14.1. The Morgan fingerprint density at radius 1 is 0.805 bits per heavy atom. The number of rotatable bonds is 13. The average Bonchev–Trinajstić information content (AvgIpc) is 2.86. The van der Waals surface area contributed by atoms with E-state index < -0.39 is 22.6 Å². The first-order valence-electron chi connectivity index (χ1n) is 14.9. The summed E-state index contributed by atoms with van der Waals surface area (Å²) in [5.74, 6) is -0.933. The highest BCUT2D eigenvalue weighted by molar-refractivity contribution is 6.74. The Bertz CT molecular complexity index is 1230. The molecule has 41 heavy (non-hydrogen) atoms. The predicted octanol–water partition coefficient (Wildman–Crippen LogP) is 9.95. The van der Waals surface area contributed by atoms with Crippen LogP contribution < -0.4 is 0 Å². The number of carboxylic acid groups (broad SMARTS) is 1. The van der Waals surface area contributed by atoms with E-state index in [1.54, 1.807) is 6.08 Å². The van der Waals surface area contributed by atoms with Gasteiger partial charge in [-0.3, -0.25) is 0 Å². The molecule has 4 nitrogen and oxygen atoms in total. The molecule has 0 aliphatic heterocycles. The first-order valence-corrected chi connectivity index (χ1v) is 20.8. The van der Waals surface area contributed by atoms with Gasteiger partial charge in [0.2, 0.25) is 0 Å². The van der Waals surface area contributed by atoms with Gasteiger partial charge < -0.3 is 14.0 Å². The van der Waals surface area contributed by atoms with Crippen molar-refractivity contribution >= 4 is 28.2 Å². The number of carbonyl (C=O) groups is 1. The monoisotopic (exact) mass is 594 g/mol. The van der Waals surface area contributed by atoms with E-state index in [1.807, 2.05) is 6.08 Å². The molecule has 0 saturated carbocycles. The van der Waals surface area contributed by atoms with E-state index in [9.17, 15) is 4.79 Å². The highest BCUT2D eigenvalue weighted by atomic mass is 28.4. The summed E-state index contributed by atoms with van der Waals surface area (Å²) in [7, 11) is -3.78. The Balaban J connectivity index is 2.28. The highest BCUT2D eigenvalue weighted by Crippen LogP contribution is 2.39. The third kappa shape index (κ3) is 10.5. The van der Waals surface area contributed by atoms with Gasteiger partial charge in [-0.2, -0.15) is 0 Å². The van der Waals surface area contributed by atoms with Crippen molar-refractivity contribution < 1.29 is 18.8 Å². The van der Waals surface area contributed by atoms with Crippen LogP contribution in [0.4, 0.5) is 0 Å². The Morgan fingerprint density at radius 3 is 1.85 bits per heavy atom. The molecule has 6 heteroatoms. The van der Waals surface area contributed by atoms with Gasteiger partial charge in [0, 0.05) is 6.08 Å². The van der Waals surface area contributed by atoms with Crippen molar-refractivity contribution in [1.82, 2.24) is 0 Å².